The fraction of sp³-hybridized carbons (Fsp3) is 0.533. The van der Waals surface area contributed by atoms with Crippen molar-refractivity contribution in [1.29, 1.82) is 0 Å². The van der Waals surface area contributed by atoms with E-state index in [1.54, 1.807) is 30.2 Å². The smallest absolute Gasteiger partial charge is 0.337 e. The van der Waals surface area contributed by atoms with Crippen LogP contribution in [-0.2, 0) is 23.1 Å². The van der Waals surface area contributed by atoms with Gasteiger partial charge < -0.3 is 10.2 Å². The lowest BCUT2D eigenvalue weighted by Crippen LogP contribution is -2.54. The number of hydrogen-bond donors (Lipinski definition) is 1. The molecule has 1 aliphatic heterocycles. The van der Waals surface area contributed by atoms with Crippen LogP contribution in [0.1, 0.15) is 23.5 Å². The van der Waals surface area contributed by atoms with Gasteiger partial charge >= 0.3 is 6.18 Å². The lowest BCUT2D eigenvalue weighted by Gasteiger charge is -2.39. The molecule has 0 unspecified atom stereocenters. The average molecular weight is 410 g/mol. The molecule has 1 N–H and O–H groups in total. The maximum Gasteiger partial charge on any atom is 0.434 e. The van der Waals surface area contributed by atoms with E-state index in [-0.39, 0.29) is 29.9 Å². The molecule has 0 aliphatic carbocycles. The number of nitrogens with one attached hydrogen (secondary N) is 1. The largest absolute Gasteiger partial charge is 0.434 e. The van der Waals surface area contributed by atoms with E-state index >= 15 is 0 Å². The van der Waals surface area contributed by atoms with Gasteiger partial charge in [-0.1, -0.05) is 0 Å². The maximum absolute atomic E-state index is 13.1. The molecular formula is C15H19ClF3N5OS. The van der Waals surface area contributed by atoms with Gasteiger partial charge in [-0.15, -0.1) is 23.7 Å². The second-order valence-electron chi connectivity index (χ2n) is 6.02. The number of aromatic nitrogens is 3. The van der Waals surface area contributed by atoms with Gasteiger partial charge in [-0.3, -0.25) is 9.48 Å². The van der Waals surface area contributed by atoms with Crippen molar-refractivity contribution in [2.75, 3.05) is 20.1 Å². The predicted octanol–water partition coefficient (Wildman–Crippen LogP) is 2.52. The van der Waals surface area contributed by atoms with Crippen LogP contribution in [0.25, 0.3) is 0 Å². The Morgan fingerprint density at radius 1 is 1.42 bits per heavy atom. The summed E-state index contributed by atoms with van der Waals surface area (Å²) in [5, 5.41) is 8.69. The number of alkyl halides is 3. The first kappa shape index (κ1) is 20.7. The highest BCUT2D eigenvalue weighted by Gasteiger charge is 2.44. The summed E-state index contributed by atoms with van der Waals surface area (Å²) in [7, 11) is 1.59. The number of piperidine rings is 1. The lowest BCUT2D eigenvalue weighted by molar-refractivity contribution is -0.142. The fourth-order valence-electron chi connectivity index (χ4n) is 3.05. The highest BCUT2D eigenvalue weighted by Crippen LogP contribution is 2.32. The minimum absolute atomic E-state index is 0. The van der Waals surface area contributed by atoms with E-state index in [1.165, 1.54) is 4.90 Å². The van der Waals surface area contributed by atoms with Crippen molar-refractivity contribution in [3.63, 3.8) is 0 Å². The van der Waals surface area contributed by atoms with Crippen LogP contribution in [0.3, 0.4) is 0 Å². The van der Waals surface area contributed by atoms with Gasteiger partial charge in [0.1, 0.15) is 10.5 Å². The Bertz CT molecular complexity index is 728. The molecule has 0 saturated carbocycles. The van der Waals surface area contributed by atoms with Crippen LogP contribution in [0.5, 0.6) is 0 Å². The van der Waals surface area contributed by atoms with Crippen molar-refractivity contribution < 1.29 is 18.0 Å². The normalized spacial score (nSPS) is 16.8. The standard InChI is InChI=1S/C15H18F3N5OS.ClH/c1-22(9-12-21-11(10-25-12)15(16,17)18)13(24)14(3-6-19-7-4-14)23-8-2-5-20-23;/h2,5,8,10,19H,3-4,6-7,9H2,1H3;1H. The number of amides is 1. The summed E-state index contributed by atoms with van der Waals surface area (Å²) < 4.78 is 39.7. The summed E-state index contributed by atoms with van der Waals surface area (Å²) in [6, 6.07) is 1.76. The summed E-state index contributed by atoms with van der Waals surface area (Å²) in [6.45, 7) is 1.39. The Kier molecular flexibility index (Phi) is 6.30. The number of hydrogen-bond acceptors (Lipinski definition) is 5. The number of carbonyl (C=O) groups is 1. The van der Waals surface area contributed by atoms with Gasteiger partial charge in [-0.05, 0) is 32.0 Å². The Morgan fingerprint density at radius 3 is 2.65 bits per heavy atom. The van der Waals surface area contributed by atoms with Crippen LogP contribution in [0.2, 0.25) is 0 Å². The summed E-state index contributed by atoms with van der Waals surface area (Å²) >= 11 is 0.905. The minimum Gasteiger partial charge on any atom is -0.337 e. The SMILES string of the molecule is CN(Cc1nc(C(F)(F)F)cs1)C(=O)C1(n2cccn2)CCNCC1.Cl. The molecule has 0 aromatic carbocycles. The molecule has 3 rings (SSSR count). The summed E-state index contributed by atoms with van der Waals surface area (Å²) in [5.41, 5.74) is -1.73. The van der Waals surface area contributed by atoms with Crippen molar-refractivity contribution in [2.24, 2.45) is 0 Å². The third-order valence-corrected chi connectivity index (χ3v) is 5.17. The first-order chi connectivity index (χ1) is 11.8. The Balaban J connectivity index is 0.00000243. The van der Waals surface area contributed by atoms with E-state index in [1.807, 2.05) is 0 Å². The number of halogens is 4. The first-order valence-corrected chi connectivity index (χ1v) is 8.69. The van der Waals surface area contributed by atoms with Gasteiger partial charge in [0.25, 0.3) is 5.91 Å². The molecule has 0 atom stereocenters. The summed E-state index contributed by atoms with van der Waals surface area (Å²) in [6.07, 6.45) is 0.0470. The van der Waals surface area contributed by atoms with Crippen molar-refractivity contribution in [1.82, 2.24) is 25.0 Å². The molecule has 3 heterocycles. The van der Waals surface area contributed by atoms with E-state index in [9.17, 15) is 18.0 Å². The Hall–Kier alpha value is -1.65. The Labute approximate surface area is 158 Å². The zero-order valence-electron chi connectivity index (χ0n) is 14.0. The van der Waals surface area contributed by atoms with E-state index < -0.39 is 17.4 Å². The van der Waals surface area contributed by atoms with E-state index in [0.29, 0.717) is 25.9 Å². The van der Waals surface area contributed by atoms with Gasteiger partial charge in [-0.25, -0.2) is 4.98 Å². The predicted molar refractivity (Wildman–Crippen MR) is 93.1 cm³/mol. The molecule has 1 saturated heterocycles. The molecule has 26 heavy (non-hydrogen) atoms. The minimum atomic E-state index is -4.47. The third kappa shape index (κ3) is 4.02. The van der Waals surface area contributed by atoms with Crippen LogP contribution in [0, 0.1) is 0 Å². The number of nitrogens with zero attached hydrogens (tertiary/aromatic N) is 4. The van der Waals surface area contributed by atoms with Crippen LogP contribution in [-0.4, -0.2) is 45.7 Å². The molecule has 2 aromatic rings. The van der Waals surface area contributed by atoms with Gasteiger partial charge in [0.2, 0.25) is 0 Å². The van der Waals surface area contributed by atoms with Crippen molar-refractivity contribution >= 4 is 29.7 Å². The second-order valence-corrected chi connectivity index (χ2v) is 6.96. The highest BCUT2D eigenvalue weighted by atomic mass is 35.5. The molecule has 1 fully saturated rings. The third-order valence-electron chi connectivity index (χ3n) is 4.33. The summed E-state index contributed by atoms with van der Waals surface area (Å²) in [5.74, 6) is -0.165. The lowest BCUT2D eigenvalue weighted by atomic mass is 9.87. The fourth-order valence-corrected chi connectivity index (χ4v) is 3.90. The molecule has 2 aromatic heterocycles. The van der Waals surface area contributed by atoms with Crippen molar-refractivity contribution in [2.45, 2.75) is 31.1 Å². The monoisotopic (exact) mass is 409 g/mol. The molecule has 6 nitrogen and oxygen atoms in total. The average Bonchev–Trinajstić information content (AvgIpc) is 3.26. The maximum atomic E-state index is 13.1. The molecule has 0 spiro atoms. The summed E-state index contributed by atoms with van der Waals surface area (Å²) in [4.78, 5) is 18.2. The van der Waals surface area contributed by atoms with Crippen molar-refractivity contribution in [3.8, 4) is 0 Å². The molecule has 11 heteroatoms. The van der Waals surface area contributed by atoms with Gasteiger partial charge in [-0.2, -0.15) is 18.3 Å². The molecule has 0 bridgehead atoms. The van der Waals surface area contributed by atoms with Gasteiger partial charge in [0.15, 0.2) is 5.69 Å². The number of likely N-dealkylation sites (N-methyl/N-ethyl adjacent to an activating group) is 1. The number of carbonyl (C=O) groups excluding carboxylic acids is 1. The van der Waals surface area contributed by atoms with Gasteiger partial charge in [0.05, 0.1) is 6.54 Å². The highest BCUT2D eigenvalue weighted by molar-refractivity contribution is 7.09. The van der Waals surface area contributed by atoms with Crippen molar-refractivity contribution in [3.05, 3.63) is 34.5 Å². The van der Waals surface area contributed by atoms with E-state index in [0.717, 1.165) is 16.7 Å². The number of thiazole rings is 1. The van der Waals surface area contributed by atoms with Crippen LogP contribution < -0.4 is 5.32 Å². The molecular weight excluding hydrogens is 391 g/mol. The molecule has 1 amide bonds. The first-order valence-electron chi connectivity index (χ1n) is 7.81. The quantitative estimate of drug-likeness (QED) is 0.842. The van der Waals surface area contributed by atoms with E-state index in [4.69, 9.17) is 0 Å². The van der Waals surface area contributed by atoms with Gasteiger partial charge in [0, 0.05) is 24.8 Å². The number of rotatable bonds is 4. The van der Waals surface area contributed by atoms with E-state index in [2.05, 4.69) is 15.4 Å². The molecule has 1 aliphatic rings. The zero-order chi connectivity index (χ0) is 18.1. The molecule has 0 radical (unpaired) electrons. The van der Waals surface area contributed by atoms with Crippen LogP contribution in [0.4, 0.5) is 13.2 Å². The van der Waals surface area contributed by atoms with Crippen LogP contribution in [0.15, 0.2) is 23.8 Å². The van der Waals surface area contributed by atoms with Crippen LogP contribution >= 0.6 is 23.7 Å². The zero-order valence-corrected chi connectivity index (χ0v) is 15.6. The second kappa shape index (κ2) is 7.93. The Morgan fingerprint density at radius 2 is 2.12 bits per heavy atom. The molecule has 144 valence electrons. The topological polar surface area (TPSA) is 63.1 Å².